The van der Waals surface area contributed by atoms with Crippen molar-refractivity contribution in [2.45, 2.75) is 45.4 Å². The molecule has 0 atom stereocenters. The molecule has 3 rings (SSSR count). The SMILES string of the molecule is CC(C)P(c1cc2ccccc2[cH-]1)C(C)C.[C-]1=CC=CC1.[Cl][Ti][Cl]. The molecular formula is C20H25Cl2PTi-2. The maximum atomic E-state index is 4.89. The molecule has 24 heavy (non-hydrogen) atoms. The van der Waals surface area contributed by atoms with Crippen LogP contribution in [0.2, 0.25) is 0 Å². The average Bonchev–Trinajstić information content (AvgIpc) is 3.20. The van der Waals surface area contributed by atoms with Crippen LogP contribution in [0.3, 0.4) is 0 Å². The second-order valence-electron chi connectivity index (χ2n) is 6.01. The zero-order chi connectivity index (χ0) is 17.9. The predicted octanol–water partition coefficient (Wildman–Crippen LogP) is 7.16. The van der Waals surface area contributed by atoms with Gasteiger partial charge in [0.15, 0.2) is 0 Å². The normalized spacial score (nSPS) is 12.4. The van der Waals surface area contributed by atoms with Crippen molar-refractivity contribution < 1.29 is 17.0 Å². The molecule has 130 valence electrons. The molecule has 4 heteroatoms. The van der Waals surface area contributed by atoms with Gasteiger partial charge in [-0.15, -0.1) is 46.8 Å². The van der Waals surface area contributed by atoms with Crippen molar-refractivity contribution >= 4 is 42.6 Å². The summed E-state index contributed by atoms with van der Waals surface area (Å²) in [7, 11) is 9.76. The summed E-state index contributed by atoms with van der Waals surface area (Å²) in [5, 5.41) is 4.36. The van der Waals surface area contributed by atoms with E-state index in [1.807, 2.05) is 12.2 Å². The van der Waals surface area contributed by atoms with Gasteiger partial charge in [0.25, 0.3) is 0 Å². The summed E-state index contributed by atoms with van der Waals surface area (Å²) in [5.41, 5.74) is 1.54. The number of rotatable bonds is 3. The maximum absolute atomic E-state index is 4.89. The monoisotopic (exact) mass is 414 g/mol. The van der Waals surface area contributed by atoms with Crippen molar-refractivity contribution in [3.05, 3.63) is 60.7 Å². The second-order valence-corrected chi connectivity index (χ2v) is 12.0. The van der Waals surface area contributed by atoms with Gasteiger partial charge in [0, 0.05) is 0 Å². The summed E-state index contributed by atoms with van der Waals surface area (Å²) in [6, 6.07) is 13.5. The van der Waals surface area contributed by atoms with E-state index < -0.39 is 17.0 Å². The minimum absolute atomic E-state index is 0.0206. The van der Waals surface area contributed by atoms with Gasteiger partial charge >= 0.3 is 35.6 Å². The van der Waals surface area contributed by atoms with Gasteiger partial charge in [-0.2, -0.15) is 12.1 Å². The van der Waals surface area contributed by atoms with E-state index in [4.69, 9.17) is 18.6 Å². The van der Waals surface area contributed by atoms with Gasteiger partial charge in [-0.3, -0.25) is 6.08 Å². The molecule has 0 radical (unpaired) electrons. The van der Waals surface area contributed by atoms with Crippen LogP contribution < -0.4 is 5.30 Å². The Morgan fingerprint density at radius 3 is 2.17 bits per heavy atom. The summed E-state index contributed by atoms with van der Waals surface area (Å²) < 4.78 is 0. The molecule has 0 unspecified atom stereocenters. The Morgan fingerprint density at radius 2 is 1.75 bits per heavy atom. The Hall–Kier alpha value is 0.0343. The third kappa shape index (κ3) is 7.51. The van der Waals surface area contributed by atoms with E-state index in [1.165, 1.54) is 10.8 Å². The number of allylic oxidation sites excluding steroid dienone is 4. The molecule has 0 amide bonds. The molecule has 1 aliphatic carbocycles. The van der Waals surface area contributed by atoms with Crippen molar-refractivity contribution in [3.63, 3.8) is 0 Å². The second kappa shape index (κ2) is 12.4. The van der Waals surface area contributed by atoms with Gasteiger partial charge in [0.2, 0.25) is 0 Å². The first-order chi connectivity index (χ1) is 11.5. The van der Waals surface area contributed by atoms with Crippen LogP contribution in [0.5, 0.6) is 0 Å². The molecule has 0 nitrogen and oxygen atoms in total. The first-order valence-corrected chi connectivity index (χ1v) is 13.9. The number of fused-ring (bicyclic) bond motifs is 1. The van der Waals surface area contributed by atoms with Gasteiger partial charge < -0.3 is 0 Å². The zero-order valence-electron chi connectivity index (χ0n) is 14.8. The summed E-state index contributed by atoms with van der Waals surface area (Å²) in [6.07, 6.45) is 10.0. The van der Waals surface area contributed by atoms with Gasteiger partial charge in [0.05, 0.1) is 0 Å². The van der Waals surface area contributed by atoms with E-state index in [0.717, 1.165) is 17.7 Å². The minimum atomic E-state index is -0.556. The van der Waals surface area contributed by atoms with E-state index in [0.29, 0.717) is 0 Å². The van der Waals surface area contributed by atoms with Crippen LogP contribution in [0.4, 0.5) is 0 Å². The fraction of sp³-hybridized carbons (Fsp3) is 0.350. The van der Waals surface area contributed by atoms with Gasteiger partial charge in [-0.05, 0) is 11.3 Å². The van der Waals surface area contributed by atoms with E-state index in [1.54, 1.807) is 5.30 Å². The molecule has 0 aliphatic heterocycles. The molecule has 0 heterocycles. The van der Waals surface area contributed by atoms with E-state index in [-0.39, 0.29) is 7.92 Å². The van der Waals surface area contributed by atoms with Crippen LogP contribution in [0.15, 0.2) is 54.6 Å². The third-order valence-corrected chi connectivity index (χ3v) is 6.68. The van der Waals surface area contributed by atoms with Crippen LogP contribution in [-0.4, -0.2) is 11.3 Å². The molecule has 0 bridgehead atoms. The Bertz CT molecular complexity index is 593. The first-order valence-electron chi connectivity index (χ1n) is 8.13. The predicted molar refractivity (Wildman–Crippen MR) is 110 cm³/mol. The fourth-order valence-electron chi connectivity index (χ4n) is 2.82. The zero-order valence-corrected chi connectivity index (χ0v) is 18.7. The Balaban J connectivity index is 0.000000298. The first kappa shape index (κ1) is 22.1. The summed E-state index contributed by atoms with van der Waals surface area (Å²) >= 11 is -0.556. The Labute approximate surface area is 165 Å². The van der Waals surface area contributed by atoms with E-state index in [2.05, 4.69) is 76.2 Å². The molecule has 2 aromatic rings. The summed E-state index contributed by atoms with van der Waals surface area (Å²) in [4.78, 5) is 0. The standard InChI is InChI=1S/C15H20P.C5H5.2ClH.Ti/c1-11(2)16(12(3)4)15-9-13-7-5-6-8-14(13)10-15;1-2-4-5-3-1;;;/h5-12H,1-4H3;1-3H,4H2;2*1H;/q2*-1;;;+2/p-2. The number of hydrogen-bond donors (Lipinski definition) is 0. The van der Waals surface area contributed by atoms with Crippen molar-refractivity contribution in [1.82, 2.24) is 0 Å². The Kier molecular flexibility index (Phi) is 11.4. The van der Waals surface area contributed by atoms with Gasteiger partial charge in [0.1, 0.15) is 0 Å². The summed E-state index contributed by atoms with van der Waals surface area (Å²) in [5.74, 6) is 0. The molecule has 0 fully saturated rings. The van der Waals surface area contributed by atoms with Crippen LogP contribution in [0.25, 0.3) is 10.8 Å². The molecule has 0 spiro atoms. The molecule has 2 aromatic carbocycles. The van der Waals surface area contributed by atoms with Crippen molar-refractivity contribution in [3.8, 4) is 0 Å². The third-order valence-electron chi connectivity index (χ3n) is 3.60. The number of hydrogen-bond acceptors (Lipinski definition) is 0. The quantitative estimate of drug-likeness (QED) is 0.283. The Morgan fingerprint density at radius 1 is 1.12 bits per heavy atom. The molecular weight excluding hydrogens is 390 g/mol. The molecule has 0 N–H and O–H groups in total. The van der Waals surface area contributed by atoms with Crippen LogP contribution >= 0.6 is 26.5 Å². The van der Waals surface area contributed by atoms with Gasteiger partial charge in [-0.25, -0.2) is 12.2 Å². The van der Waals surface area contributed by atoms with Crippen molar-refractivity contribution in [1.29, 1.82) is 0 Å². The van der Waals surface area contributed by atoms with Crippen LogP contribution in [-0.2, 0) is 17.0 Å². The van der Waals surface area contributed by atoms with E-state index >= 15 is 0 Å². The van der Waals surface area contributed by atoms with Crippen molar-refractivity contribution in [2.24, 2.45) is 0 Å². The summed E-state index contributed by atoms with van der Waals surface area (Å²) in [6.45, 7) is 9.40. The molecule has 0 saturated heterocycles. The number of halogens is 2. The average molecular weight is 415 g/mol. The number of benzene rings is 1. The van der Waals surface area contributed by atoms with E-state index in [9.17, 15) is 0 Å². The molecule has 0 aromatic heterocycles. The van der Waals surface area contributed by atoms with Crippen molar-refractivity contribution in [2.75, 3.05) is 0 Å². The fourth-order valence-corrected chi connectivity index (χ4v) is 5.78. The van der Waals surface area contributed by atoms with Crippen LogP contribution in [0, 0.1) is 6.08 Å². The topological polar surface area (TPSA) is 0 Å². The molecule has 0 saturated carbocycles. The van der Waals surface area contributed by atoms with Crippen LogP contribution in [0.1, 0.15) is 34.1 Å². The van der Waals surface area contributed by atoms with Gasteiger partial charge in [-0.1, -0.05) is 41.7 Å². The molecule has 1 aliphatic rings.